The molecule has 5 nitrogen and oxygen atoms in total. The van der Waals surface area contributed by atoms with E-state index in [0.29, 0.717) is 12.5 Å². The fourth-order valence-corrected chi connectivity index (χ4v) is 2.09. The Bertz CT molecular complexity index is 343. The van der Waals surface area contributed by atoms with E-state index in [4.69, 9.17) is 0 Å². The predicted molar refractivity (Wildman–Crippen MR) is 65.6 cm³/mol. The van der Waals surface area contributed by atoms with Gasteiger partial charge in [-0.3, -0.25) is 4.68 Å². The molecule has 0 radical (unpaired) electrons. The molecule has 2 amide bonds. The number of likely N-dealkylation sites (tertiary alicyclic amines) is 1. The molecule has 1 atom stereocenters. The minimum absolute atomic E-state index is 0.0785. The van der Waals surface area contributed by atoms with Gasteiger partial charge in [-0.1, -0.05) is 6.92 Å². The van der Waals surface area contributed by atoms with Crippen LogP contribution in [0.15, 0.2) is 18.5 Å². The van der Waals surface area contributed by atoms with Crippen molar-refractivity contribution in [3.63, 3.8) is 0 Å². The first-order valence-corrected chi connectivity index (χ1v) is 6.26. The van der Waals surface area contributed by atoms with E-state index >= 15 is 0 Å². The number of carbonyl (C=O) groups excluding carboxylic acids is 1. The van der Waals surface area contributed by atoms with Gasteiger partial charge in [0, 0.05) is 38.6 Å². The number of hydrogen-bond donors (Lipinski definition) is 1. The number of carbonyl (C=O) groups is 1. The van der Waals surface area contributed by atoms with Crippen molar-refractivity contribution in [3.8, 4) is 0 Å². The third-order valence-electron chi connectivity index (χ3n) is 3.05. The number of nitrogens with zero attached hydrogens (tertiary/aromatic N) is 3. The maximum Gasteiger partial charge on any atom is 0.317 e. The quantitative estimate of drug-likeness (QED) is 0.857. The molecule has 17 heavy (non-hydrogen) atoms. The summed E-state index contributed by atoms with van der Waals surface area (Å²) in [6, 6.07) is 1.99. The molecule has 0 spiro atoms. The number of hydrogen-bond acceptors (Lipinski definition) is 2. The van der Waals surface area contributed by atoms with Gasteiger partial charge in [0.1, 0.15) is 0 Å². The zero-order valence-corrected chi connectivity index (χ0v) is 10.3. The fraction of sp³-hybridized carbons (Fsp3) is 0.667. The fourth-order valence-electron chi connectivity index (χ4n) is 2.09. The molecular formula is C12H20N4O. The summed E-state index contributed by atoms with van der Waals surface area (Å²) in [4.78, 5) is 13.6. The van der Waals surface area contributed by atoms with Gasteiger partial charge in [-0.25, -0.2) is 4.79 Å². The molecule has 2 rings (SSSR count). The van der Waals surface area contributed by atoms with Crippen LogP contribution in [0.3, 0.4) is 0 Å². The third-order valence-corrected chi connectivity index (χ3v) is 3.05. The van der Waals surface area contributed by atoms with Crippen LogP contribution in [0, 0.1) is 5.92 Å². The molecule has 1 aliphatic rings. The lowest BCUT2D eigenvalue weighted by molar-refractivity contribution is 0.206. The van der Waals surface area contributed by atoms with E-state index < -0.39 is 0 Å². The SMILES string of the molecule is CC(CNC(=O)N1CCCC1)Cn1cccn1. The molecule has 0 bridgehead atoms. The standard InChI is InChI=1S/C12H20N4O/c1-11(10-16-8-4-5-14-16)9-13-12(17)15-6-2-3-7-15/h4-5,8,11H,2-3,6-7,9-10H2,1H3,(H,13,17). The maximum absolute atomic E-state index is 11.7. The average Bonchev–Trinajstić information content (AvgIpc) is 2.97. The summed E-state index contributed by atoms with van der Waals surface area (Å²) >= 11 is 0. The van der Waals surface area contributed by atoms with Crippen molar-refractivity contribution in [2.24, 2.45) is 5.92 Å². The number of urea groups is 1. The summed E-state index contributed by atoms with van der Waals surface area (Å²) in [5.41, 5.74) is 0. The molecule has 5 heteroatoms. The first-order chi connectivity index (χ1) is 8.25. The van der Waals surface area contributed by atoms with E-state index in [1.54, 1.807) is 6.20 Å². The van der Waals surface area contributed by atoms with Crippen molar-refractivity contribution in [2.75, 3.05) is 19.6 Å². The summed E-state index contributed by atoms with van der Waals surface area (Å²) in [7, 11) is 0. The minimum atomic E-state index is 0.0785. The molecule has 0 saturated carbocycles. The molecular weight excluding hydrogens is 216 g/mol. The Labute approximate surface area is 102 Å². The van der Waals surface area contributed by atoms with Crippen LogP contribution in [-0.4, -0.2) is 40.3 Å². The van der Waals surface area contributed by atoms with Crippen molar-refractivity contribution < 1.29 is 4.79 Å². The second-order valence-electron chi connectivity index (χ2n) is 4.71. The lowest BCUT2D eigenvalue weighted by Crippen LogP contribution is -2.40. The molecule has 2 heterocycles. The van der Waals surface area contributed by atoms with Gasteiger partial charge in [-0.15, -0.1) is 0 Å². The van der Waals surface area contributed by atoms with Crippen LogP contribution >= 0.6 is 0 Å². The monoisotopic (exact) mass is 236 g/mol. The summed E-state index contributed by atoms with van der Waals surface area (Å²) in [6.07, 6.45) is 5.99. The summed E-state index contributed by atoms with van der Waals surface area (Å²) in [5, 5.41) is 7.14. The molecule has 1 aromatic heterocycles. The Morgan fingerprint density at radius 3 is 2.88 bits per heavy atom. The highest BCUT2D eigenvalue weighted by atomic mass is 16.2. The van der Waals surface area contributed by atoms with E-state index in [0.717, 1.165) is 32.5 Å². The van der Waals surface area contributed by atoms with Gasteiger partial charge < -0.3 is 10.2 Å². The van der Waals surface area contributed by atoms with Crippen molar-refractivity contribution in [1.29, 1.82) is 0 Å². The predicted octanol–water partition coefficient (Wildman–Crippen LogP) is 1.32. The van der Waals surface area contributed by atoms with Gasteiger partial charge in [-0.05, 0) is 24.8 Å². The van der Waals surface area contributed by atoms with Gasteiger partial charge in [0.25, 0.3) is 0 Å². The number of aromatic nitrogens is 2. The van der Waals surface area contributed by atoms with E-state index in [9.17, 15) is 4.79 Å². The highest BCUT2D eigenvalue weighted by molar-refractivity contribution is 5.74. The van der Waals surface area contributed by atoms with Crippen molar-refractivity contribution in [1.82, 2.24) is 20.0 Å². The van der Waals surface area contributed by atoms with Gasteiger partial charge in [0.15, 0.2) is 0 Å². The zero-order valence-electron chi connectivity index (χ0n) is 10.3. The van der Waals surface area contributed by atoms with Crippen LogP contribution in [0.1, 0.15) is 19.8 Å². The largest absolute Gasteiger partial charge is 0.338 e. The van der Waals surface area contributed by atoms with Crippen molar-refractivity contribution in [2.45, 2.75) is 26.3 Å². The highest BCUT2D eigenvalue weighted by Crippen LogP contribution is 2.07. The Morgan fingerprint density at radius 2 is 2.24 bits per heavy atom. The first kappa shape index (κ1) is 12.0. The van der Waals surface area contributed by atoms with Crippen LogP contribution < -0.4 is 5.32 Å². The molecule has 1 aliphatic heterocycles. The molecule has 0 aromatic carbocycles. The van der Waals surface area contributed by atoms with Crippen molar-refractivity contribution >= 4 is 6.03 Å². The van der Waals surface area contributed by atoms with Crippen LogP contribution in [-0.2, 0) is 6.54 Å². The molecule has 1 N–H and O–H groups in total. The number of rotatable bonds is 4. The number of amides is 2. The Kier molecular flexibility index (Phi) is 4.01. The molecule has 0 aliphatic carbocycles. The van der Waals surface area contributed by atoms with E-state index in [1.807, 2.05) is 21.8 Å². The Morgan fingerprint density at radius 1 is 1.47 bits per heavy atom. The van der Waals surface area contributed by atoms with Gasteiger partial charge in [-0.2, -0.15) is 5.10 Å². The summed E-state index contributed by atoms with van der Waals surface area (Å²) in [6.45, 7) is 5.47. The maximum atomic E-state index is 11.7. The molecule has 1 fully saturated rings. The lowest BCUT2D eigenvalue weighted by atomic mass is 10.2. The molecule has 1 saturated heterocycles. The van der Waals surface area contributed by atoms with E-state index in [-0.39, 0.29) is 6.03 Å². The lowest BCUT2D eigenvalue weighted by Gasteiger charge is -2.18. The van der Waals surface area contributed by atoms with Gasteiger partial charge in [0.2, 0.25) is 0 Å². The van der Waals surface area contributed by atoms with Crippen LogP contribution in [0.2, 0.25) is 0 Å². The van der Waals surface area contributed by atoms with E-state index in [1.165, 1.54) is 0 Å². The zero-order chi connectivity index (χ0) is 12.1. The second kappa shape index (κ2) is 5.70. The van der Waals surface area contributed by atoms with Crippen LogP contribution in [0.25, 0.3) is 0 Å². The van der Waals surface area contributed by atoms with Crippen LogP contribution in [0.5, 0.6) is 0 Å². The van der Waals surface area contributed by atoms with Crippen LogP contribution in [0.4, 0.5) is 4.79 Å². The Hall–Kier alpha value is -1.52. The summed E-state index contributed by atoms with van der Waals surface area (Å²) < 4.78 is 1.90. The van der Waals surface area contributed by atoms with Crippen molar-refractivity contribution in [3.05, 3.63) is 18.5 Å². The second-order valence-corrected chi connectivity index (χ2v) is 4.71. The Balaban J connectivity index is 1.68. The van der Waals surface area contributed by atoms with Gasteiger partial charge in [0.05, 0.1) is 0 Å². The summed E-state index contributed by atoms with van der Waals surface area (Å²) in [5.74, 6) is 0.390. The third kappa shape index (κ3) is 3.47. The molecule has 1 unspecified atom stereocenters. The normalized spacial score (nSPS) is 17.1. The number of nitrogens with one attached hydrogen (secondary N) is 1. The van der Waals surface area contributed by atoms with E-state index in [2.05, 4.69) is 17.3 Å². The molecule has 94 valence electrons. The van der Waals surface area contributed by atoms with Gasteiger partial charge >= 0.3 is 6.03 Å². The average molecular weight is 236 g/mol. The smallest absolute Gasteiger partial charge is 0.317 e. The molecule has 1 aromatic rings. The highest BCUT2D eigenvalue weighted by Gasteiger charge is 2.17. The minimum Gasteiger partial charge on any atom is -0.338 e. The topological polar surface area (TPSA) is 50.2 Å². The first-order valence-electron chi connectivity index (χ1n) is 6.26.